The second-order valence-electron chi connectivity index (χ2n) is 7.90. The van der Waals surface area contributed by atoms with Crippen molar-refractivity contribution >= 4 is 28.3 Å². The van der Waals surface area contributed by atoms with E-state index in [-0.39, 0.29) is 5.56 Å². The fourth-order valence-corrected chi connectivity index (χ4v) is 4.19. The molecule has 0 radical (unpaired) electrons. The lowest BCUT2D eigenvalue weighted by Crippen LogP contribution is -2.24. The molecule has 8 heteroatoms. The smallest absolute Gasteiger partial charge is 0.258 e. The molecular weight excluding hydrogens is 440 g/mol. The molecule has 0 fully saturated rings. The van der Waals surface area contributed by atoms with Crippen molar-refractivity contribution in [1.29, 1.82) is 0 Å². The Bertz CT molecular complexity index is 1160. The van der Waals surface area contributed by atoms with Gasteiger partial charge in [0, 0.05) is 48.4 Å². The number of anilines is 1. The zero-order valence-corrected chi connectivity index (χ0v) is 20.8. The van der Waals surface area contributed by atoms with Gasteiger partial charge in [-0.3, -0.25) is 4.79 Å². The Morgan fingerprint density at radius 2 is 1.82 bits per heavy atom. The standard InChI is InChI=1S/C25H33ClN4O3/c1-6-30(7-2)11-9-8-10-27-23-15-21-17(16-28-23)12-20(25(31)29(21)3)19-13-18(32-4)14-22(33-5)24(19)26/h12-16H,6-11H2,1-5H3,(H,27,28). The summed E-state index contributed by atoms with van der Waals surface area (Å²) < 4.78 is 12.3. The monoisotopic (exact) mass is 472 g/mol. The van der Waals surface area contributed by atoms with Crippen LogP contribution in [0, 0.1) is 0 Å². The molecule has 0 saturated carbocycles. The Kier molecular flexibility index (Phi) is 8.58. The largest absolute Gasteiger partial charge is 0.497 e. The van der Waals surface area contributed by atoms with Gasteiger partial charge in [-0.15, -0.1) is 0 Å². The van der Waals surface area contributed by atoms with Crippen LogP contribution in [0.4, 0.5) is 5.82 Å². The maximum absolute atomic E-state index is 13.2. The molecule has 33 heavy (non-hydrogen) atoms. The van der Waals surface area contributed by atoms with E-state index in [9.17, 15) is 4.79 Å². The first-order valence-electron chi connectivity index (χ1n) is 11.3. The maximum Gasteiger partial charge on any atom is 0.258 e. The average Bonchev–Trinajstić information content (AvgIpc) is 2.84. The lowest BCUT2D eigenvalue weighted by atomic mass is 10.0. The van der Waals surface area contributed by atoms with Gasteiger partial charge in [0.25, 0.3) is 5.56 Å². The van der Waals surface area contributed by atoms with Crippen molar-refractivity contribution < 1.29 is 9.47 Å². The Morgan fingerprint density at radius 3 is 2.48 bits per heavy atom. The number of benzene rings is 1. The summed E-state index contributed by atoms with van der Waals surface area (Å²) in [5.41, 5.74) is 1.67. The number of nitrogens with zero attached hydrogens (tertiary/aromatic N) is 3. The van der Waals surface area contributed by atoms with Gasteiger partial charge in [0.2, 0.25) is 0 Å². The summed E-state index contributed by atoms with van der Waals surface area (Å²) in [5, 5.41) is 4.59. The van der Waals surface area contributed by atoms with Crippen molar-refractivity contribution in [3.63, 3.8) is 0 Å². The normalized spacial score (nSPS) is 11.2. The zero-order valence-electron chi connectivity index (χ0n) is 20.1. The molecule has 0 aliphatic rings. The number of hydrogen-bond acceptors (Lipinski definition) is 6. The molecule has 0 atom stereocenters. The third-order valence-corrected chi connectivity index (χ3v) is 6.36. The second-order valence-corrected chi connectivity index (χ2v) is 8.28. The van der Waals surface area contributed by atoms with Gasteiger partial charge in [0.1, 0.15) is 17.3 Å². The van der Waals surface area contributed by atoms with Crippen LogP contribution in [-0.2, 0) is 7.05 Å². The highest BCUT2D eigenvalue weighted by Crippen LogP contribution is 2.38. The van der Waals surface area contributed by atoms with Crippen molar-refractivity contribution in [2.24, 2.45) is 7.05 Å². The summed E-state index contributed by atoms with van der Waals surface area (Å²) in [6.45, 7) is 8.49. The van der Waals surface area contributed by atoms with E-state index in [1.54, 1.807) is 37.1 Å². The van der Waals surface area contributed by atoms with E-state index in [0.29, 0.717) is 27.6 Å². The summed E-state index contributed by atoms with van der Waals surface area (Å²) in [4.78, 5) is 20.2. The molecule has 1 N–H and O–H groups in total. The minimum atomic E-state index is -0.156. The van der Waals surface area contributed by atoms with Crippen LogP contribution in [0.2, 0.25) is 5.02 Å². The molecule has 3 rings (SSSR count). The lowest BCUT2D eigenvalue weighted by Gasteiger charge is -2.17. The number of fused-ring (bicyclic) bond motifs is 1. The molecule has 2 heterocycles. The minimum absolute atomic E-state index is 0.156. The van der Waals surface area contributed by atoms with Crippen molar-refractivity contribution in [2.45, 2.75) is 26.7 Å². The fourth-order valence-electron chi connectivity index (χ4n) is 3.91. The van der Waals surface area contributed by atoms with Gasteiger partial charge in [-0.1, -0.05) is 25.4 Å². The Hall–Kier alpha value is -2.77. The van der Waals surface area contributed by atoms with Crippen LogP contribution in [0.1, 0.15) is 26.7 Å². The number of pyridine rings is 2. The van der Waals surface area contributed by atoms with Crippen LogP contribution >= 0.6 is 11.6 Å². The molecule has 0 aliphatic heterocycles. The highest BCUT2D eigenvalue weighted by Gasteiger charge is 2.17. The van der Waals surface area contributed by atoms with Crippen molar-refractivity contribution in [1.82, 2.24) is 14.5 Å². The van der Waals surface area contributed by atoms with E-state index in [4.69, 9.17) is 21.1 Å². The molecule has 1 aromatic carbocycles. The number of unbranched alkanes of at least 4 members (excludes halogenated alkanes) is 1. The summed E-state index contributed by atoms with van der Waals surface area (Å²) in [7, 11) is 4.85. The number of rotatable bonds is 11. The van der Waals surface area contributed by atoms with Crippen molar-refractivity contribution in [3.8, 4) is 22.6 Å². The molecule has 0 saturated heterocycles. The van der Waals surface area contributed by atoms with Gasteiger partial charge in [-0.05, 0) is 44.6 Å². The zero-order chi connectivity index (χ0) is 24.0. The third kappa shape index (κ3) is 5.60. The summed E-state index contributed by atoms with van der Waals surface area (Å²) in [5.74, 6) is 1.77. The number of methoxy groups -OCH3 is 2. The molecule has 0 bridgehead atoms. The number of aryl methyl sites for hydroxylation is 1. The minimum Gasteiger partial charge on any atom is -0.497 e. The van der Waals surface area contributed by atoms with E-state index in [0.717, 1.165) is 55.7 Å². The summed E-state index contributed by atoms with van der Waals surface area (Å²) >= 11 is 6.54. The Balaban J connectivity index is 1.85. The van der Waals surface area contributed by atoms with E-state index in [1.165, 1.54) is 7.11 Å². The first kappa shape index (κ1) is 24.9. The topological polar surface area (TPSA) is 68.6 Å². The molecule has 0 aliphatic carbocycles. The first-order chi connectivity index (χ1) is 15.9. The number of halogens is 1. The van der Waals surface area contributed by atoms with Crippen LogP contribution in [0.25, 0.3) is 22.0 Å². The second kappa shape index (κ2) is 11.4. The van der Waals surface area contributed by atoms with Gasteiger partial charge in [0.15, 0.2) is 0 Å². The molecule has 0 spiro atoms. The Morgan fingerprint density at radius 1 is 1.06 bits per heavy atom. The molecule has 3 aromatic rings. The van der Waals surface area contributed by atoms with Crippen LogP contribution < -0.4 is 20.3 Å². The number of ether oxygens (including phenoxy) is 2. The van der Waals surface area contributed by atoms with E-state index in [2.05, 4.69) is 29.0 Å². The molecule has 0 amide bonds. The van der Waals surface area contributed by atoms with Crippen molar-refractivity contribution in [2.75, 3.05) is 45.7 Å². The van der Waals surface area contributed by atoms with Gasteiger partial charge >= 0.3 is 0 Å². The van der Waals surface area contributed by atoms with Gasteiger partial charge in [-0.2, -0.15) is 0 Å². The summed E-state index contributed by atoms with van der Waals surface area (Å²) in [6.07, 6.45) is 3.97. The quantitative estimate of drug-likeness (QED) is 0.404. The first-order valence-corrected chi connectivity index (χ1v) is 11.7. The van der Waals surface area contributed by atoms with Crippen LogP contribution in [0.15, 0.2) is 35.3 Å². The number of hydrogen-bond donors (Lipinski definition) is 1. The van der Waals surface area contributed by atoms with Gasteiger partial charge in [-0.25, -0.2) is 4.98 Å². The predicted octanol–water partition coefficient (Wildman–Crippen LogP) is 4.81. The highest BCUT2D eigenvalue weighted by molar-refractivity contribution is 6.35. The molecule has 7 nitrogen and oxygen atoms in total. The third-order valence-electron chi connectivity index (χ3n) is 5.97. The summed E-state index contributed by atoms with van der Waals surface area (Å²) in [6, 6.07) is 7.17. The lowest BCUT2D eigenvalue weighted by molar-refractivity contribution is 0.298. The van der Waals surface area contributed by atoms with Crippen molar-refractivity contribution in [3.05, 3.63) is 45.8 Å². The predicted molar refractivity (Wildman–Crippen MR) is 136 cm³/mol. The van der Waals surface area contributed by atoms with Gasteiger partial charge < -0.3 is 24.3 Å². The molecule has 2 aromatic heterocycles. The Labute approximate surface area is 200 Å². The maximum atomic E-state index is 13.2. The number of aromatic nitrogens is 2. The van der Waals surface area contributed by atoms with E-state index >= 15 is 0 Å². The molecule has 178 valence electrons. The van der Waals surface area contributed by atoms with E-state index < -0.39 is 0 Å². The highest BCUT2D eigenvalue weighted by atomic mass is 35.5. The van der Waals surface area contributed by atoms with Gasteiger partial charge in [0.05, 0.1) is 24.8 Å². The SMILES string of the molecule is CCN(CC)CCCCNc1cc2c(cn1)cc(-c1cc(OC)cc(OC)c1Cl)c(=O)n2C. The van der Waals surface area contributed by atoms with Crippen LogP contribution in [0.3, 0.4) is 0 Å². The fraction of sp³-hybridized carbons (Fsp3) is 0.440. The van der Waals surface area contributed by atoms with E-state index in [1.807, 2.05) is 12.1 Å². The molecular formula is C25H33ClN4O3. The molecule has 0 unspecified atom stereocenters. The average molecular weight is 473 g/mol. The number of nitrogens with one attached hydrogen (secondary N) is 1. The van der Waals surface area contributed by atoms with Crippen LogP contribution in [0.5, 0.6) is 11.5 Å². The van der Waals surface area contributed by atoms with Crippen LogP contribution in [-0.4, -0.2) is 54.8 Å².